The highest BCUT2D eigenvalue weighted by atomic mass is 16.6. The minimum absolute atomic E-state index is 0. The largest absolute Gasteiger partial charge is 0.444 e. The molecular weight excluding hydrogens is 370 g/mol. The number of carbonyl (C=O) groups is 1. The third-order valence-corrected chi connectivity index (χ3v) is 2.55. The summed E-state index contributed by atoms with van der Waals surface area (Å²) in [5.74, 6) is 30.5. The van der Waals surface area contributed by atoms with E-state index in [1.807, 2.05) is 0 Å². The zero-order valence-corrected chi connectivity index (χ0v) is 16.2. The molecule has 0 aromatic carbocycles. The summed E-state index contributed by atoms with van der Waals surface area (Å²) < 4.78 is 5.02. The molecule has 0 fully saturated rings. The molecule has 0 aliphatic carbocycles. The summed E-state index contributed by atoms with van der Waals surface area (Å²) in [7, 11) is 0. The fourth-order valence-electron chi connectivity index (χ4n) is 1.43. The lowest BCUT2D eigenvalue weighted by Crippen LogP contribution is -2.51. The number of terminal acetylenes is 1. The summed E-state index contributed by atoms with van der Waals surface area (Å²) in [5, 5.41) is 31.4. The van der Waals surface area contributed by atoms with Crippen LogP contribution in [0.5, 0.6) is 0 Å². The molecule has 0 bridgehead atoms. The van der Waals surface area contributed by atoms with Gasteiger partial charge in [-0.2, -0.15) is 0 Å². The number of aliphatic hydroxyl groups excluding tert-OH is 3. The van der Waals surface area contributed by atoms with E-state index < -0.39 is 36.6 Å². The van der Waals surface area contributed by atoms with Crippen LogP contribution in [0.4, 0.5) is 4.79 Å². The fraction of sp³-hybridized carbons (Fsp3) is 0.348. The Hall–Kier alpha value is -3.93. The predicted molar refractivity (Wildman–Crippen MR) is 158 cm³/mol. The van der Waals surface area contributed by atoms with Gasteiger partial charge < -0.3 is 25.4 Å². The van der Waals surface area contributed by atoms with Crippen LogP contribution in [-0.2, 0) is 4.74 Å². The molecule has 29 heavy (non-hydrogen) atoms. The van der Waals surface area contributed by atoms with Crippen LogP contribution in [0.2, 0.25) is 0 Å². The second-order valence-corrected chi connectivity index (χ2v) is 6.03. The Labute approximate surface area is 207 Å². The minimum atomic E-state index is -1.57. The molecule has 0 spiro atoms. The minimum Gasteiger partial charge on any atom is -0.444 e. The molecule has 6 nitrogen and oxygen atoms in total. The van der Waals surface area contributed by atoms with Gasteiger partial charge in [0.25, 0.3) is 0 Å². The molecule has 0 radical (unpaired) electrons. The monoisotopic (exact) mass is 438 g/mol. The lowest BCUT2D eigenvalue weighted by molar-refractivity contribution is 0.00147. The lowest BCUT2D eigenvalue weighted by atomic mass is 10.1. The smallest absolute Gasteiger partial charge is 0.408 e. The first-order chi connectivity index (χ1) is 13.7. The van der Waals surface area contributed by atoms with Crippen LogP contribution in [0.25, 0.3) is 0 Å². The van der Waals surface area contributed by atoms with Gasteiger partial charge in [-0.1, -0.05) is 5.92 Å². The maximum atomic E-state index is 11.7. The molecule has 0 saturated heterocycles. The van der Waals surface area contributed by atoms with Crippen molar-refractivity contribution >= 4 is 6.09 Å². The Morgan fingerprint density at radius 3 is 1.83 bits per heavy atom. The molecule has 0 aliphatic heterocycles. The average Bonchev–Trinajstić information content (AvgIpc) is 2.64. The van der Waals surface area contributed by atoms with Crippen LogP contribution in [0.3, 0.4) is 0 Å². The van der Waals surface area contributed by atoms with Crippen molar-refractivity contribution in [1.29, 1.82) is 0 Å². The molecule has 6 heteroatoms. The summed E-state index contributed by atoms with van der Waals surface area (Å²) in [6, 6.07) is -1.18. The number of hydrogen-bond donors (Lipinski definition) is 4. The highest BCUT2D eigenvalue weighted by molar-refractivity contribution is 5.68. The van der Waals surface area contributed by atoms with Crippen molar-refractivity contribution in [2.24, 2.45) is 0 Å². The van der Waals surface area contributed by atoms with Gasteiger partial charge in [0.1, 0.15) is 17.8 Å². The molecule has 3 atom stereocenters. The Morgan fingerprint density at radius 1 is 0.966 bits per heavy atom. The number of rotatable bonds is 4. The van der Waals surface area contributed by atoms with Gasteiger partial charge in [0.2, 0.25) is 0 Å². The third kappa shape index (κ3) is 13.9. The van der Waals surface area contributed by atoms with E-state index in [4.69, 9.17) is 11.2 Å². The van der Waals surface area contributed by atoms with E-state index in [0.29, 0.717) is 0 Å². The summed E-state index contributed by atoms with van der Waals surface area (Å²) in [4.78, 5) is 11.7. The molecule has 0 heterocycles. The Kier molecular flexibility index (Phi) is 12.2. The number of amides is 1. The van der Waals surface area contributed by atoms with Crippen LogP contribution < -0.4 is 5.32 Å². The maximum Gasteiger partial charge on any atom is 0.408 e. The molecule has 194 valence electrons. The van der Waals surface area contributed by atoms with E-state index in [1.165, 1.54) is 0 Å². The predicted octanol–water partition coefficient (Wildman–Crippen LogP) is 5.15. The molecule has 0 aromatic heterocycles. The Balaban J connectivity index is -0.0000000142. The zero-order chi connectivity index (χ0) is 22.1. The molecule has 0 unspecified atom stereocenters. The lowest BCUT2D eigenvalue weighted by Gasteiger charge is -2.26. The summed E-state index contributed by atoms with van der Waals surface area (Å²) >= 11 is 0. The van der Waals surface area contributed by atoms with Crippen molar-refractivity contribution in [1.82, 2.24) is 5.32 Å². The maximum absolute atomic E-state index is 11.7. The average molecular weight is 438 g/mol. The Bertz CT molecular complexity index is 1040. The number of aliphatic hydroxyl groups is 3. The van der Waals surface area contributed by atoms with Crippen molar-refractivity contribution in [3.63, 3.8) is 0 Å². The summed E-state index contributed by atoms with van der Waals surface area (Å²) in [6.07, 6.45) is 0.932. The molecule has 0 aliphatic rings. The van der Waals surface area contributed by atoms with E-state index in [-0.39, 0.29) is 34.2 Å². The van der Waals surface area contributed by atoms with Gasteiger partial charge >= 0.3 is 6.09 Å². The number of ether oxygens (including phenoxy) is 1. The topological polar surface area (TPSA) is 99.0 Å². The number of nitrogens with one attached hydrogen (secondary N) is 1. The van der Waals surface area contributed by atoms with Crippen LogP contribution >= 0.6 is 0 Å². The van der Waals surface area contributed by atoms with Crippen molar-refractivity contribution in [3.05, 3.63) is 0 Å². The first kappa shape index (κ1) is 25.1. The van der Waals surface area contributed by atoms with Gasteiger partial charge in [0.15, 0.2) is 0 Å². The number of carbonyl (C=O) groups excluding carboxylic acids is 1. The summed E-state index contributed by atoms with van der Waals surface area (Å²) in [5.41, 5.74) is -0.753. The fourth-order valence-corrected chi connectivity index (χ4v) is 1.43. The summed E-state index contributed by atoms with van der Waals surface area (Å²) in [6.45, 7) is 4.35. The number of alkyl carbamates (subject to hydrolysis) is 1. The van der Waals surface area contributed by atoms with Crippen molar-refractivity contribution < 1.29 is 59.1 Å². The zero-order valence-electron chi connectivity index (χ0n) is 16.2. The van der Waals surface area contributed by atoms with Crippen molar-refractivity contribution in [3.8, 4) is 83.4 Å². The van der Waals surface area contributed by atoms with Gasteiger partial charge in [-0.25, -0.2) is 4.79 Å². The first-order valence-electron chi connectivity index (χ1n) is 8.14. The molecule has 0 rings (SSSR count). The van der Waals surface area contributed by atoms with Crippen molar-refractivity contribution in [2.75, 3.05) is 6.61 Å². The second-order valence-electron chi connectivity index (χ2n) is 6.03. The van der Waals surface area contributed by atoms with Gasteiger partial charge in [-0.3, -0.25) is 0 Å². The van der Waals surface area contributed by atoms with Crippen LogP contribution in [0.15, 0.2) is 0 Å². The second kappa shape index (κ2) is 14.2. The molecular formula is C23H67NO5. The third-order valence-electron chi connectivity index (χ3n) is 2.55. The van der Waals surface area contributed by atoms with Gasteiger partial charge in [0, 0.05) is 34.2 Å². The Morgan fingerprint density at radius 2 is 1.41 bits per heavy atom. The molecule has 0 aromatic rings. The first-order valence-corrected chi connectivity index (χ1v) is 8.14. The normalized spacial score (nSPS) is 11.3. The van der Waals surface area contributed by atoms with Gasteiger partial charge in [-0.15, -0.1) is 6.42 Å². The van der Waals surface area contributed by atoms with E-state index in [0.717, 1.165) is 0 Å². The van der Waals surface area contributed by atoms with Crippen LogP contribution in [0, 0.1) is 83.4 Å². The molecule has 1 amide bonds. The van der Waals surface area contributed by atoms with Crippen LogP contribution in [0.1, 0.15) is 55.0 Å². The standard InChI is InChI=1S/C23H19NO5.24H2/c1-5-6-7-8-9-10-11-12-13-14-15-16-17-20(26)21(27)19(18-25)24-22(28)29-23(2,3)4;;;;;;;;;;;;;;;;;;;;;;;;/h1,19-21,25-27H,18H2,2-4H3,(H,24,28);24*1H/t19-,20+,21-;;;;;;;;;;;;;;;;;;;;;;;;/m0......................../s1. The molecule has 0 saturated carbocycles. The van der Waals surface area contributed by atoms with Gasteiger partial charge in [0.05, 0.1) is 12.6 Å². The number of hydrogen-bond acceptors (Lipinski definition) is 5. The van der Waals surface area contributed by atoms with E-state index in [2.05, 4.69) is 82.3 Å². The van der Waals surface area contributed by atoms with E-state index in [9.17, 15) is 20.1 Å². The highest BCUT2D eigenvalue weighted by Gasteiger charge is 2.28. The van der Waals surface area contributed by atoms with E-state index >= 15 is 0 Å². The SMILES string of the molecule is C#CC#CC#CC#CC#CC#CC#C[C@@H](O)[C@@H](O)[C@H](CO)NC(=O)OC(C)(C)C.[HH].[HH].[HH].[HH].[HH].[HH].[HH].[HH].[HH].[HH].[HH].[HH].[HH].[HH].[HH].[HH].[HH].[HH].[HH].[HH].[HH].[HH].[HH].[HH]. The van der Waals surface area contributed by atoms with Crippen LogP contribution in [-0.4, -0.2) is 51.9 Å². The highest BCUT2D eigenvalue weighted by Crippen LogP contribution is 2.08. The van der Waals surface area contributed by atoms with Crippen molar-refractivity contribution in [2.45, 2.75) is 44.6 Å². The van der Waals surface area contributed by atoms with E-state index in [1.54, 1.807) is 20.8 Å². The quantitative estimate of drug-likeness (QED) is 0.456. The van der Waals surface area contributed by atoms with Gasteiger partial charge in [-0.05, 0) is 91.8 Å². The molecule has 4 N–H and O–H groups in total.